The van der Waals surface area contributed by atoms with E-state index in [1.165, 1.54) is 0 Å². The van der Waals surface area contributed by atoms with Gasteiger partial charge in [-0.2, -0.15) is 0 Å². The molecule has 0 spiro atoms. The molecule has 0 N–H and O–H groups in total. The molecular formula is C51H32N4. The molecule has 11 aromatic rings. The normalized spacial score (nSPS) is 15.2. The first-order valence-corrected chi connectivity index (χ1v) is 17.5. The topological polar surface area (TPSA) is 43.6 Å². The Morgan fingerprint density at radius 1 is 0.364 bits per heavy atom. The summed E-state index contributed by atoms with van der Waals surface area (Å²) in [7, 11) is 0. The summed E-state index contributed by atoms with van der Waals surface area (Å²) in [5.41, 5.74) is 3.23. The Bertz CT molecular complexity index is 3960. The summed E-state index contributed by atoms with van der Waals surface area (Å²) in [5, 5.41) is -0.670. The van der Waals surface area contributed by atoms with Gasteiger partial charge in [-0.15, -0.1) is 0 Å². The summed E-state index contributed by atoms with van der Waals surface area (Å²) in [5.74, 6) is 0.991. The maximum atomic E-state index is 10.1. The molecule has 11 rings (SSSR count). The Morgan fingerprint density at radius 3 is 1.62 bits per heavy atom. The van der Waals surface area contributed by atoms with E-state index in [0.717, 1.165) is 21.3 Å². The van der Waals surface area contributed by atoms with Crippen LogP contribution in [-0.4, -0.2) is 19.5 Å². The van der Waals surface area contributed by atoms with Gasteiger partial charge in [0.15, 0.2) is 17.5 Å². The first-order valence-electron chi connectivity index (χ1n) is 24.5. The minimum Gasteiger partial charge on any atom is -0.309 e. The van der Waals surface area contributed by atoms with Gasteiger partial charge in [-0.05, 0) is 80.1 Å². The molecule has 0 radical (unpaired) electrons. The summed E-state index contributed by atoms with van der Waals surface area (Å²) >= 11 is 0. The quantitative estimate of drug-likeness (QED) is 0.161. The highest BCUT2D eigenvalue weighted by molar-refractivity contribution is 6.35. The fraction of sp³-hybridized carbons (Fsp3) is 0. The molecule has 2 heterocycles. The molecule has 0 fully saturated rings. The van der Waals surface area contributed by atoms with Crippen molar-refractivity contribution in [1.82, 2.24) is 19.5 Å². The van der Waals surface area contributed by atoms with Crippen LogP contribution in [0, 0.1) is 0 Å². The minimum absolute atomic E-state index is 0.00542. The van der Waals surface area contributed by atoms with E-state index in [1.807, 2.05) is 84.9 Å². The lowest BCUT2D eigenvalue weighted by Crippen LogP contribution is -2.00. The fourth-order valence-electron chi connectivity index (χ4n) is 7.24. The van der Waals surface area contributed by atoms with Crippen molar-refractivity contribution in [2.24, 2.45) is 0 Å². The zero-order chi connectivity index (χ0) is 48.5. The van der Waals surface area contributed by atoms with Crippen LogP contribution < -0.4 is 0 Å². The Hall–Kier alpha value is -7.43. The molecule has 0 aliphatic heterocycles. The van der Waals surface area contributed by atoms with Gasteiger partial charge < -0.3 is 4.57 Å². The average Bonchev–Trinajstić information content (AvgIpc) is 3.72. The highest BCUT2D eigenvalue weighted by Gasteiger charge is 2.21. The first kappa shape index (κ1) is 20.1. The van der Waals surface area contributed by atoms with Gasteiger partial charge in [-0.1, -0.05) is 158 Å². The molecule has 0 unspecified atom stereocenters. The Balaban J connectivity index is 1.24. The zero-order valence-corrected chi connectivity index (χ0v) is 28.7. The SMILES string of the molecule is [2H]c1c([2H])c([2H])c(-n2c3c([2H])c([2H])c([2H])c4c5c([2H])c([2H])c([2H])c([2H])c5c5c([2H])c(-c6cccc(-c7nc(-c8ccccc8)nc(-c8ccc(-c9ccccc9)cc8)n7)c6)c([2H])c2c5c43)c([2H])c1[2H]. The van der Waals surface area contributed by atoms with Crippen molar-refractivity contribution in [2.75, 3.05) is 0 Å². The van der Waals surface area contributed by atoms with Gasteiger partial charge in [0.25, 0.3) is 0 Å². The van der Waals surface area contributed by atoms with Crippen molar-refractivity contribution < 1.29 is 19.2 Å². The van der Waals surface area contributed by atoms with E-state index in [-0.39, 0.29) is 66.3 Å². The zero-order valence-electron chi connectivity index (χ0n) is 42.7. The van der Waals surface area contributed by atoms with Crippen LogP contribution in [0.1, 0.15) is 19.2 Å². The van der Waals surface area contributed by atoms with Gasteiger partial charge in [-0.25, -0.2) is 15.0 Å². The van der Waals surface area contributed by atoms with E-state index in [9.17, 15) is 8.22 Å². The monoisotopic (exact) mass is 714 g/mol. The third-order valence-corrected chi connectivity index (χ3v) is 9.76. The predicted octanol–water partition coefficient (Wildman–Crippen LogP) is 13.0. The Kier molecular flexibility index (Phi) is 4.62. The lowest BCUT2D eigenvalue weighted by atomic mass is 9.92. The summed E-state index contributed by atoms with van der Waals surface area (Å²) in [6.45, 7) is 0. The van der Waals surface area contributed by atoms with Crippen LogP contribution in [0.5, 0.6) is 0 Å². The van der Waals surface area contributed by atoms with Crippen molar-refractivity contribution in [3.05, 3.63) is 194 Å². The largest absolute Gasteiger partial charge is 0.309 e. The Labute approximate surface area is 337 Å². The van der Waals surface area contributed by atoms with E-state index in [1.54, 1.807) is 24.3 Å². The second-order valence-electron chi connectivity index (χ2n) is 13.0. The van der Waals surface area contributed by atoms with Crippen LogP contribution in [0.25, 0.3) is 105 Å². The van der Waals surface area contributed by atoms with Gasteiger partial charge in [-0.3, -0.25) is 0 Å². The average molecular weight is 715 g/mol. The smallest absolute Gasteiger partial charge is 0.164 e. The summed E-state index contributed by atoms with van der Waals surface area (Å²) in [6, 6.07) is 25.3. The molecule has 0 amide bonds. The highest BCUT2D eigenvalue weighted by Crippen LogP contribution is 2.45. The molecule has 0 atom stereocenters. The van der Waals surface area contributed by atoms with E-state index >= 15 is 0 Å². The molecule has 0 bridgehead atoms. The van der Waals surface area contributed by atoms with Crippen molar-refractivity contribution in [3.8, 4) is 62.1 Å². The van der Waals surface area contributed by atoms with Crippen LogP contribution in [0.2, 0.25) is 0 Å². The minimum atomic E-state index is -0.718. The summed E-state index contributed by atoms with van der Waals surface area (Å²) < 4.78 is 128. The maximum absolute atomic E-state index is 10.1. The lowest BCUT2D eigenvalue weighted by Gasteiger charge is -2.13. The molecule has 4 nitrogen and oxygen atoms in total. The van der Waals surface area contributed by atoms with E-state index in [2.05, 4.69) is 0 Å². The van der Waals surface area contributed by atoms with Crippen LogP contribution in [-0.2, 0) is 0 Å². The van der Waals surface area contributed by atoms with Crippen LogP contribution >= 0.6 is 0 Å². The molecule has 2 aromatic heterocycles. The van der Waals surface area contributed by atoms with Gasteiger partial charge in [0.05, 0.1) is 30.2 Å². The maximum Gasteiger partial charge on any atom is 0.164 e. The van der Waals surface area contributed by atoms with Crippen LogP contribution in [0.3, 0.4) is 0 Å². The molecule has 0 saturated carbocycles. The second-order valence-corrected chi connectivity index (χ2v) is 13.0. The van der Waals surface area contributed by atoms with E-state index < -0.39 is 84.2 Å². The van der Waals surface area contributed by atoms with Gasteiger partial charge in [0.2, 0.25) is 0 Å². The summed E-state index contributed by atoms with van der Waals surface area (Å²) in [4.78, 5) is 14.7. The molecule has 256 valence electrons. The third kappa shape index (κ3) is 5.19. The number of benzene rings is 9. The molecule has 4 heteroatoms. The van der Waals surface area contributed by atoms with E-state index in [4.69, 9.17) is 25.9 Å². The predicted molar refractivity (Wildman–Crippen MR) is 228 cm³/mol. The number of nitrogens with zero attached hydrogens (tertiary/aromatic N) is 4. The molecule has 9 aromatic carbocycles. The van der Waals surface area contributed by atoms with Crippen molar-refractivity contribution in [2.45, 2.75) is 0 Å². The molecular weight excluding hydrogens is 669 g/mol. The number of para-hydroxylation sites is 1. The molecule has 0 aliphatic rings. The first-order chi connectivity index (χ1) is 33.1. The number of fused-ring (bicyclic) bond motifs is 3. The highest BCUT2D eigenvalue weighted by atomic mass is 15.0. The van der Waals surface area contributed by atoms with Crippen LogP contribution in [0.4, 0.5) is 0 Å². The molecule has 55 heavy (non-hydrogen) atoms. The second kappa shape index (κ2) is 12.6. The fourth-order valence-corrected chi connectivity index (χ4v) is 7.24. The number of aromatic nitrogens is 4. The standard InChI is InChI=1S/C51H32N4/c1-4-14-33(15-5-1)34-26-28-36(29-27-34)50-52-49(35-16-6-2-7-17-35)53-51(54-50)38-19-12-18-37(30-38)39-31-44-42-23-11-10-22-41(42)43-24-13-25-45-47(43)48(44)46(32-39)55(45)40-20-8-3-9-21-40/h1-32H/i3D,8D,9D,10D,11D,13D,20D,21D,22D,23D,24D,25D,31D,32D. The lowest BCUT2D eigenvalue weighted by molar-refractivity contribution is 1.07. The van der Waals surface area contributed by atoms with Crippen molar-refractivity contribution in [1.29, 1.82) is 0 Å². The van der Waals surface area contributed by atoms with Gasteiger partial charge in [0, 0.05) is 33.2 Å². The van der Waals surface area contributed by atoms with Gasteiger partial charge in [0.1, 0.15) is 0 Å². The molecule has 0 aliphatic carbocycles. The van der Waals surface area contributed by atoms with Crippen LogP contribution in [0.15, 0.2) is 194 Å². The van der Waals surface area contributed by atoms with Crippen molar-refractivity contribution in [3.63, 3.8) is 0 Å². The number of hydrogen-bond donors (Lipinski definition) is 0. The van der Waals surface area contributed by atoms with Crippen molar-refractivity contribution >= 4 is 43.4 Å². The van der Waals surface area contributed by atoms with Gasteiger partial charge >= 0.3 is 0 Å². The molecule has 0 saturated heterocycles. The third-order valence-electron chi connectivity index (χ3n) is 9.76. The summed E-state index contributed by atoms with van der Waals surface area (Å²) in [6.07, 6.45) is 0. The number of hydrogen-bond acceptors (Lipinski definition) is 3. The number of rotatable bonds is 6. The Morgan fingerprint density at radius 2 is 0.891 bits per heavy atom. The van der Waals surface area contributed by atoms with E-state index in [0.29, 0.717) is 22.8 Å².